The number of hydrogen-bond donors (Lipinski definition) is 0. The predicted octanol–water partition coefficient (Wildman–Crippen LogP) is 4.56. The Hall–Kier alpha value is -1.42. The molecule has 0 saturated heterocycles. The number of aryl methyl sites for hydroxylation is 2. The molecular weight excluding hydrogens is 314 g/mol. The van der Waals surface area contributed by atoms with Gasteiger partial charge < -0.3 is 0 Å². The van der Waals surface area contributed by atoms with Crippen LogP contribution in [0.4, 0.5) is 0 Å². The van der Waals surface area contributed by atoms with Crippen LogP contribution in [0.15, 0.2) is 22.8 Å². The van der Waals surface area contributed by atoms with Gasteiger partial charge in [0, 0.05) is 22.2 Å². The molecule has 4 heteroatoms. The molecule has 3 aromatic rings. The monoisotopic (exact) mass is 331 g/mol. The second-order valence-corrected chi connectivity index (χ2v) is 7.06. The second kappa shape index (κ2) is 4.29. The Morgan fingerprint density at radius 2 is 1.80 bits per heavy atom. The highest BCUT2D eigenvalue weighted by molar-refractivity contribution is 9.10. The smallest absolute Gasteiger partial charge is 0.148 e. The van der Waals surface area contributed by atoms with Crippen LogP contribution in [0, 0.1) is 13.8 Å². The van der Waals surface area contributed by atoms with Gasteiger partial charge in [0.25, 0.3) is 0 Å². The van der Waals surface area contributed by atoms with Crippen molar-refractivity contribution in [2.75, 3.05) is 0 Å². The number of halogens is 1. The van der Waals surface area contributed by atoms with Gasteiger partial charge >= 0.3 is 0 Å². The third-order valence-electron chi connectivity index (χ3n) is 3.68. The van der Waals surface area contributed by atoms with Gasteiger partial charge in [-0.05, 0) is 48.0 Å². The summed E-state index contributed by atoms with van der Waals surface area (Å²) in [6.07, 6.45) is 0. The zero-order valence-electron chi connectivity index (χ0n) is 12.5. The van der Waals surface area contributed by atoms with Crippen LogP contribution in [0.5, 0.6) is 0 Å². The molecule has 0 saturated carbocycles. The quantitative estimate of drug-likeness (QED) is 0.604. The molecule has 0 bridgehead atoms. The zero-order valence-corrected chi connectivity index (χ0v) is 14.0. The fraction of sp³-hybridized carbons (Fsp3) is 0.375. The van der Waals surface area contributed by atoms with Gasteiger partial charge in [-0.1, -0.05) is 20.8 Å². The van der Waals surface area contributed by atoms with E-state index in [1.54, 1.807) is 0 Å². The van der Waals surface area contributed by atoms with Crippen LogP contribution in [-0.4, -0.2) is 14.4 Å². The first-order valence-electron chi connectivity index (χ1n) is 6.74. The average molecular weight is 332 g/mol. The molecule has 0 radical (unpaired) electrons. The van der Waals surface area contributed by atoms with E-state index in [9.17, 15) is 0 Å². The van der Waals surface area contributed by atoms with E-state index in [-0.39, 0.29) is 5.41 Å². The number of pyridine rings is 2. The molecule has 104 valence electrons. The van der Waals surface area contributed by atoms with Crippen molar-refractivity contribution in [3.63, 3.8) is 0 Å². The van der Waals surface area contributed by atoms with Crippen molar-refractivity contribution in [1.29, 1.82) is 0 Å². The van der Waals surface area contributed by atoms with Gasteiger partial charge in [0.15, 0.2) is 0 Å². The van der Waals surface area contributed by atoms with Crippen molar-refractivity contribution < 1.29 is 0 Å². The van der Waals surface area contributed by atoms with Crippen LogP contribution in [0.3, 0.4) is 0 Å². The highest BCUT2D eigenvalue weighted by atomic mass is 79.9. The molecule has 0 aliphatic heterocycles. The van der Waals surface area contributed by atoms with Crippen LogP contribution in [0.2, 0.25) is 0 Å². The first-order chi connectivity index (χ1) is 9.29. The Kier molecular flexibility index (Phi) is 2.91. The number of hydrogen-bond acceptors (Lipinski definition) is 2. The minimum Gasteiger partial charge on any atom is -0.300 e. The molecule has 0 aromatic carbocycles. The van der Waals surface area contributed by atoms with E-state index < -0.39 is 0 Å². The number of nitrogens with zero attached hydrogens (tertiary/aromatic N) is 3. The molecule has 0 N–H and O–H groups in total. The number of aromatic nitrogens is 3. The summed E-state index contributed by atoms with van der Waals surface area (Å²) in [5.74, 6) is 0. The first kappa shape index (κ1) is 13.6. The standard InChI is InChI=1S/C16H18BrN3/c1-9-8-12-11(6-7-13(18-12)16(3,4)5)15-19-14(17)10(2)20(9)15/h6-8H,1-5H3. The van der Waals surface area contributed by atoms with Crippen molar-refractivity contribution in [1.82, 2.24) is 14.4 Å². The lowest BCUT2D eigenvalue weighted by atomic mass is 9.91. The van der Waals surface area contributed by atoms with Gasteiger partial charge in [-0.3, -0.25) is 9.38 Å². The number of rotatable bonds is 0. The summed E-state index contributed by atoms with van der Waals surface area (Å²) in [7, 11) is 0. The fourth-order valence-electron chi connectivity index (χ4n) is 2.54. The van der Waals surface area contributed by atoms with Crippen LogP contribution in [0.1, 0.15) is 37.9 Å². The topological polar surface area (TPSA) is 30.2 Å². The summed E-state index contributed by atoms with van der Waals surface area (Å²) in [4.78, 5) is 9.46. The van der Waals surface area contributed by atoms with Gasteiger partial charge in [-0.15, -0.1) is 0 Å². The summed E-state index contributed by atoms with van der Waals surface area (Å²) in [6.45, 7) is 10.7. The molecule has 3 rings (SSSR count). The molecule has 0 aliphatic rings. The van der Waals surface area contributed by atoms with Gasteiger partial charge in [0.1, 0.15) is 10.3 Å². The van der Waals surface area contributed by atoms with E-state index in [4.69, 9.17) is 4.98 Å². The Labute approximate surface area is 127 Å². The second-order valence-electron chi connectivity index (χ2n) is 6.31. The third kappa shape index (κ3) is 1.94. The molecule has 3 heterocycles. The van der Waals surface area contributed by atoms with E-state index in [0.717, 1.165) is 38.2 Å². The van der Waals surface area contributed by atoms with Crippen molar-refractivity contribution in [2.24, 2.45) is 0 Å². The molecule has 0 aliphatic carbocycles. The predicted molar refractivity (Wildman–Crippen MR) is 86.4 cm³/mol. The van der Waals surface area contributed by atoms with Gasteiger partial charge in [0.2, 0.25) is 0 Å². The first-order valence-corrected chi connectivity index (χ1v) is 7.54. The maximum Gasteiger partial charge on any atom is 0.148 e. The average Bonchev–Trinajstić information content (AvgIpc) is 2.65. The lowest BCUT2D eigenvalue weighted by molar-refractivity contribution is 0.571. The molecule has 3 nitrogen and oxygen atoms in total. The Morgan fingerprint density at radius 3 is 2.45 bits per heavy atom. The Balaban J connectivity index is 2.42. The zero-order chi connectivity index (χ0) is 14.7. The maximum absolute atomic E-state index is 4.83. The molecule has 0 unspecified atom stereocenters. The SMILES string of the molecule is Cc1cc2nc(C(C)(C)C)ccc2c2nc(Br)c(C)n12. The summed E-state index contributed by atoms with van der Waals surface area (Å²) in [6, 6.07) is 6.38. The molecule has 0 amide bonds. The minimum atomic E-state index is 0.0557. The van der Waals surface area contributed by atoms with Gasteiger partial charge in [-0.25, -0.2) is 4.98 Å². The lowest BCUT2D eigenvalue weighted by Crippen LogP contribution is -2.13. The minimum absolute atomic E-state index is 0.0557. The molecule has 0 spiro atoms. The van der Waals surface area contributed by atoms with Crippen LogP contribution >= 0.6 is 15.9 Å². The summed E-state index contributed by atoms with van der Waals surface area (Å²) in [5, 5.41) is 1.09. The summed E-state index contributed by atoms with van der Waals surface area (Å²) >= 11 is 3.52. The number of fused-ring (bicyclic) bond motifs is 3. The molecule has 0 atom stereocenters. The van der Waals surface area contributed by atoms with Crippen molar-refractivity contribution in [3.05, 3.63) is 39.9 Å². The highest BCUT2D eigenvalue weighted by Gasteiger charge is 2.18. The summed E-state index contributed by atoms with van der Waals surface area (Å²) < 4.78 is 3.07. The van der Waals surface area contributed by atoms with E-state index in [2.05, 4.69) is 78.1 Å². The molecular formula is C16H18BrN3. The van der Waals surface area contributed by atoms with Crippen LogP contribution in [0.25, 0.3) is 16.6 Å². The normalized spacial score (nSPS) is 12.5. The van der Waals surface area contributed by atoms with Crippen molar-refractivity contribution in [2.45, 2.75) is 40.0 Å². The fourth-order valence-corrected chi connectivity index (χ4v) is 2.89. The van der Waals surface area contributed by atoms with E-state index in [1.165, 1.54) is 0 Å². The third-order valence-corrected chi connectivity index (χ3v) is 4.43. The lowest BCUT2D eigenvalue weighted by Gasteiger charge is -2.18. The largest absolute Gasteiger partial charge is 0.300 e. The number of imidazole rings is 1. The molecule has 20 heavy (non-hydrogen) atoms. The maximum atomic E-state index is 4.83. The van der Waals surface area contributed by atoms with E-state index in [0.29, 0.717) is 0 Å². The van der Waals surface area contributed by atoms with E-state index >= 15 is 0 Å². The van der Waals surface area contributed by atoms with Crippen LogP contribution in [-0.2, 0) is 5.41 Å². The Morgan fingerprint density at radius 1 is 1.10 bits per heavy atom. The summed E-state index contributed by atoms with van der Waals surface area (Å²) in [5.41, 5.74) is 5.43. The van der Waals surface area contributed by atoms with Gasteiger partial charge in [-0.2, -0.15) is 0 Å². The molecule has 3 aromatic heterocycles. The van der Waals surface area contributed by atoms with E-state index in [1.807, 2.05) is 0 Å². The molecule has 0 fully saturated rings. The van der Waals surface area contributed by atoms with Gasteiger partial charge in [0.05, 0.1) is 11.2 Å². The van der Waals surface area contributed by atoms with Crippen molar-refractivity contribution in [3.8, 4) is 0 Å². The highest BCUT2D eigenvalue weighted by Crippen LogP contribution is 2.28. The van der Waals surface area contributed by atoms with Crippen molar-refractivity contribution >= 4 is 32.5 Å². The Bertz CT molecular complexity index is 825. The van der Waals surface area contributed by atoms with Crippen LogP contribution < -0.4 is 0 Å².